The Kier molecular flexibility index (Phi) is 3.53. The molecule has 2 N–H and O–H groups in total. The summed E-state index contributed by atoms with van der Waals surface area (Å²) in [5.74, 6) is 0.652. The van der Waals surface area contributed by atoms with Gasteiger partial charge in [-0.15, -0.1) is 0 Å². The number of ether oxygens (including phenoxy) is 1. The highest BCUT2D eigenvalue weighted by Gasteiger charge is 2.40. The first-order chi connectivity index (χ1) is 9.27. The summed E-state index contributed by atoms with van der Waals surface area (Å²) in [6, 6.07) is 9.27. The Morgan fingerprint density at radius 1 is 1.32 bits per heavy atom. The van der Waals surface area contributed by atoms with E-state index in [1.807, 2.05) is 35.2 Å². The Labute approximate surface area is 113 Å². The van der Waals surface area contributed by atoms with Crippen LogP contribution in [0.1, 0.15) is 24.4 Å². The van der Waals surface area contributed by atoms with Crippen LogP contribution in [-0.4, -0.2) is 36.6 Å². The molecule has 19 heavy (non-hydrogen) atoms. The van der Waals surface area contributed by atoms with E-state index in [2.05, 4.69) is 0 Å². The lowest BCUT2D eigenvalue weighted by atomic mass is 10.0. The molecule has 0 spiro atoms. The quantitative estimate of drug-likeness (QED) is 0.892. The molecule has 0 bridgehead atoms. The zero-order valence-corrected chi connectivity index (χ0v) is 11.0. The fraction of sp³-hybridized carbons (Fsp3) is 0.533. The number of hydrogen-bond donors (Lipinski definition) is 1. The van der Waals surface area contributed by atoms with E-state index in [1.165, 1.54) is 12.8 Å². The molecule has 3 rings (SSSR count). The predicted molar refractivity (Wildman–Crippen MR) is 72.4 cm³/mol. The topological polar surface area (TPSA) is 55.6 Å². The van der Waals surface area contributed by atoms with Gasteiger partial charge in [0.15, 0.2) is 0 Å². The van der Waals surface area contributed by atoms with E-state index in [1.54, 1.807) is 0 Å². The summed E-state index contributed by atoms with van der Waals surface area (Å²) in [6.07, 6.45) is 2.41. The number of nitrogens with two attached hydrogens (primary N) is 1. The first-order valence-corrected chi connectivity index (χ1v) is 6.96. The Bertz CT molecular complexity index is 445. The Hall–Kier alpha value is -1.39. The van der Waals surface area contributed by atoms with Crippen molar-refractivity contribution >= 4 is 5.91 Å². The Balaban J connectivity index is 1.74. The number of hydrogen-bond acceptors (Lipinski definition) is 3. The maximum Gasteiger partial charge on any atom is 0.244 e. The molecule has 0 radical (unpaired) electrons. The molecule has 2 aliphatic rings. The van der Waals surface area contributed by atoms with Gasteiger partial charge in [0.1, 0.15) is 6.04 Å². The number of nitrogens with zero attached hydrogens (tertiary/aromatic N) is 1. The van der Waals surface area contributed by atoms with Crippen LogP contribution in [0.2, 0.25) is 0 Å². The van der Waals surface area contributed by atoms with Gasteiger partial charge in [-0.2, -0.15) is 0 Å². The molecular formula is C15H20N2O2. The number of carbonyl (C=O) groups excluding carboxylic acids is 1. The van der Waals surface area contributed by atoms with E-state index in [0.717, 1.165) is 5.56 Å². The first-order valence-electron chi connectivity index (χ1n) is 6.96. The predicted octanol–water partition coefficient (Wildman–Crippen LogP) is 1.32. The van der Waals surface area contributed by atoms with Crippen LogP contribution >= 0.6 is 0 Å². The van der Waals surface area contributed by atoms with E-state index < -0.39 is 6.04 Å². The third-order valence-electron chi connectivity index (χ3n) is 4.04. The minimum atomic E-state index is -0.555. The third-order valence-corrected chi connectivity index (χ3v) is 4.04. The van der Waals surface area contributed by atoms with Crippen LogP contribution in [-0.2, 0) is 9.53 Å². The molecule has 1 aliphatic carbocycles. The van der Waals surface area contributed by atoms with E-state index in [9.17, 15) is 4.79 Å². The highest BCUT2D eigenvalue weighted by molar-refractivity contribution is 5.83. The van der Waals surface area contributed by atoms with Crippen molar-refractivity contribution in [3.63, 3.8) is 0 Å². The van der Waals surface area contributed by atoms with Crippen molar-refractivity contribution < 1.29 is 9.53 Å². The van der Waals surface area contributed by atoms with Crippen molar-refractivity contribution in [3.8, 4) is 0 Å². The average molecular weight is 260 g/mol. The van der Waals surface area contributed by atoms with Crippen LogP contribution in [0.3, 0.4) is 0 Å². The minimum Gasteiger partial charge on any atom is -0.377 e. The second-order valence-corrected chi connectivity index (χ2v) is 5.40. The summed E-state index contributed by atoms with van der Waals surface area (Å²) in [5.41, 5.74) is 7.00. The maximum absolute atomic E-state index is 12.6. The summed E-state index contributed by atoms with van der Waals surface area (Å²) in [7, 11) is 0. The molecule has 1 aromatic rings. The van der Waals surface area contributed by atoms with Crippen molar-refractivity contribution in [2.75, 3.05) is 19.8 Å². The SMILES string of the molecule is N[C@@H](C(=O)N1CCOC[C@H]1C1CC1)c1ccccc1. The lowest BCUT2D eigenvalue weighted by Crippen LogP contribution is -2.52. The third kappa shape index (κ3) is 2.65. The van der Waals surface area contributed by atoms with Crippen molar-refractivity contribution in [2.45, 2.75) is 24.9 Å². The summed E-state index contributed by atoms with van der Waals surface area (Å²) < 4.78 is 5.51. The molecular weight excluding hydrogens is 240 g/mol. The lowest BCUT2D eigenvalue weighted by molar-refractivity contribution is -0.142. The monoisotopic (exact) mass is 260 g/mol. The smallest absolute Gasteiger partial charge is 0.244 e. The summed E-state index contributed by atoms with van der Waals surface area (Å²) >= 11 is 0. The number of benzene rings is 1. The first kappa shape index (κ1) is 12.6. The van der Waals surface area contributed by atoms with Crippen molar-refractivity contribution in [3.05, 3.63) is 35.9 Å². The Morgan fingerprint density at radius 3 is 2.74 bits per heavy atom. The van der Waals surface area contributed by atoms with Gasteiger partial charge < -0.3 is 15.4 Å². The van der Waals surface area contributed by atoms with Gasteiger partial charge in [-0.1, -0.05) is 30.3 Å². The minimum absolute atomic E-state index is 0.0337. The van der Waals surface area contributed by atoms with Gasteiger partial charge in [-0.25, -0.2) is 0 Å². The molecule has 2 fully saturated rings. The van der Waals surface area contributed by atoms with E-state index in [0.29, 0.717) is 25.7 Å². The van der Waals surface area contributed by atoms with Gasteiger partial charge in [0.2, 0.25) is 5.91 Å². The molecule has 1 amide bonds. The fourth-order valence-corrected chi connectivity index (χ4v) is 2.75. The van der Waals surface area contributed by atoms with Crippen LogP contribution < -0.4 is 5.73 Å². The molecule has 4 heteroatoms. The van der Waals surface area contributed by atoms with Crippen LogP contribution in [0.4, 0.5) is 0 Å². The average Bonchev–Trinajstić information content (AvgIpc) is 3.31. The number of morpholine rings is 1. The second-order valence-electron chi connectivity index (χ2n) is 5.40. The second kappa shape index (κ2) is 5.31. The summed E-state index contributed by atoms with van der Waals surface area (Å²) in [5, 5.41) is 0. The largest absolute Gasteiger partial charge is 0.377 e. The number of carbonyl (C=O) groups is 1. The summed E-state index contributed by atoms with van der Waals surface area (Å²) in [6.45, 7) is 1.95. The van der Waals surface area contributed by atoms with Crippen LogP contribution in [0.15, 0.2) is 30.3 Å². The van der Waals surface area contributed by atoms with Gasteiger partial charge in [-0.05, 0) is 24.3 Å². The van der Waals surface area contributed by atoms with Gasteiger partial charge in [0.25, 0.3) is 0 Å². The molecule has 1 aliphatic heterocycles. The van der Waals surface area contributed by atoms with Gasteiger partial charge in [0, 0.05) is 6.54 Å². The summed E-state index contributed by atoms with van der Waals surface area (Å²) in [4.78, 5) is 14.5. The van der Waals surface area contributed by atoms with Crippen molar-refractivity contribution in [1.82, 2.24) is 4.90 Å². The molecule has 1 aromatic carbocycles. The van der Waals surface area contributed by atoms with Crippen LogP contribution in [0, 0.1) is 5.92 Å². The molecule has 0 unspecified atom stereocenters. The van der Waals surface area contributed by atoms with E-state index >= 15 is 0 Å². The van der Waals surface area contributed by atoms with Crippen LogP contribution in [0.5, 0.6) is 0 Å². The molecule has 1 heterocycles. The highest BCUT2D eigenvalue weighted by Crippen LogP contribution is 2.37. The highest BCUT2D eigenvalue weighted by atomic mass is 16.5. The van der Waals surface area contributed by atoms with Gasteiger partial charge in [0.05, 0.1) is 19.3 Å². The van der Waals surface area contributed by atoms with Gasteiger partial charge in [-0.3, -0.25) is 4.79 Å². The maximum atomic E-state index is 12.6. The fourth-order valence-electron chi connectivity index (χ4n) is 2.75. The molecule has 2 atom stereocenters. The molecule has 4 nitrogen and oxygen atoms in total. The van der Waals surface area contributed by atoms with Crippen LogP contribution in [0.25, 0.3) is 0 Å². The van der Waals surface area contributed by atoms with Crippen molar-refractivity contribution in [2.24, 2.45) is 11.7 Å². The lowest BCUT2D eigenvalue weighted by Gasteiger charge is -2.37. The zero-order valence-electron chi connectivity index (χ0n) is 11.0. The van der Waals surface area contributed by atoms with E-state index in [-0.39, 0.29) is 11.9 Å². The van der Waals surface area contributed by atoms with Crippen molar-refractivity contribution in [1.29, 1.82) is 0 Å². The number of rotatable bonds is 3. The standard InChI is InChI=1S/C15H20N2O2/c16-14(12-4-2-1-3-5-12)15(18)17-8-9-19-10-13(17)11-6-7-11/h1-5,11,13-14H,6-10,16H2/t13-,14+/m0/s1. The normalized spacial score (nSPS) is 25.1. The molecule has 0 aromatic heterocycles. The van der Waals surface area contributed by atoms with Gasteiger partial charge >= 0.3 is 0 Å². The number of amides is 1. The molecule has 1 saturated heterocycles. The Morgan fingerprint density at radius 2 is 2.05 bits per heavy atom. The molecule has 102 valence electrons. The zero-order chi connectivity index (χ0) is 13.2. The molecule has 1 saturated carbocycles. The van der Waals surface area contributed by atoms with E-state index in [4.69, 9.17) is 10.5 Å².